The summed E-state index contributed by atoms with van der Waals surface area (Å²) in [6, 6.07) is 3.08. The molecule has 0 aliphatic carbocycles. The van der Waals surface area contributed by atoms with Gasteiger partial charge in [0.05, 0.1) is 5.69 Å². The molecule has 11 heteroatoms. The molecule has 11 nitrogen and oxygen atoms in total. The fourth-order valence-corrected chi connectivity index (χ4v) is 4.30. The monoisotopic (exact) mass is 427 g/mol. The first-order valence-corrected chi connectivity index (χ1v) is 10.6. The molecule has 0 saturated carbocycles. The summed E-state index contributed by atoms with van der Waals surface area (Å²) in [4.78, 5) is 37.7. The summed E-state index contributed by atoms with van der Waals surface area (Å²) >= 11 is 0. The van der Waals surface area contributed by atoms with Gasteiger partial charge in [0.25, 0.3) is 5.91 Å². The molecule has 2 aliphatic rings. The van der Waals surface area contributed by atoms with E-state index in [0.29, 0.717) is 19.5 Å². The Morgan fingerprint density at radius 1 is 1.23 bits per heavy atom. The highest BCUT2D eigenvalue weighted by Crippen LogP contribution is 2.25. The number of nitrogens with zero attached hydrogens (tertiary/aromatic N) is 6. The molecule has 0 radical (unpaired) electrons. The van der Waals surface area contributed by atoms with Crippen LogP contribution < -0.4 is 25.8 Å². The van der Waals surface area contributed by atoms with Crippen molar-refractivity contribution >= 4 is 29.4 Å². The number of hydrogen-bond donors (Lipinski definition) is 3. The lowest BCUT2D eigenvalue weighted by molar-refractivity contribution is -0.118. The number of carbonyl (C=O) groups is 2. The Morgan fingerprint density at radius 2 is 2.06 bits per heavy atom. The van der Waals surface area contributed by atoms with Crippen molar-refractivity contribution in [2.75, 3.05) is 41.8 Å². The maximum Gasteiger partial charge on any atom is 0.315 e. The molecular formula is C20H29N9O2. The third-order valence-electron chi connectivity index (χ3n) is 5.84. The zero-order valence-corrected chi connectivity index (χ0v) is 18.1. The van der Waals surface area contributed by atoms with Crippen LogP contribution in [0.4, 0.5) is 22.2 Å². The first kappa shape index (κ1) is 20.9. The fourth-order valence-electron chi connectivity index (χ4n) is 4.30. The summed E-state index contributed by atoms with van der Waals surface area (Å²) in [5.74, 6) is 2.24. The average Bonchev–Trinajstić information content (AvgIpc) is 3.46. The lowest BCUT2D eigenvalue weighted by Gasteiger charge is -2.26. The van der Waals surface area contributed by atoms with Crippen LogP contribution in [0.25, 0.3) is 0 Å². The van der Waals surface area contributed by atoms with Crippen LogP contribution in [0.3, 0.4) is 0 Å². The van der Waals surface area contributed by atoms with Gasteiger partial charge in [-0.25, -0.2) is 14.8 Å². The minimum Gasteiger partial charge on any atom is -0.373 e. The van der Waals surface area contributed by atoms with Gasteiger partial charge in [0.1, 0.15) is 29.8 Å². The Morgan fingerprint density at radius 3 is 2.81 bits per heavy atom. The number of amides is 3. The topological polar surface area (TPSA) is 120 Å². The molecule has 4 heterocycles. The van der Waals surface area contributed by atoms with E-state index in [1.807, 2.05) is 33.2 Å². The van der Waals surface area contributed by atoms with E-state index in [1.54, 1.807) is 9.58 Å². The van der Waals surface area contributed by atoms with Crippen LogP contribution in [-0.4, -0.2) is 70.5 Å². The fraction of sp³-hybridized carbons (Fsp3) is 0.550. The third kappa shape index (κ3) is 4.39. The standard InChI is InChI=1S/C20H29N9O2/c1-13-9-18(27(3)26-13)29-8-6-15(19(29)30)25-20(31)22-11-14-5-4-7-28(14)17-10-16(21-2)23-12-24-17/h9-10,12,14-15H,4-8,11H2,1-3H3,(H,21,23,24)(H2,22,25,31). The van der Waals surface area contributed by atoms with E-state index in [0.717, 1.165) is 42.5 Å². The second kappa shape index (κ2) is 8.78. The van der Waals surface area contributed by atoms with Gasteiger partial charge in [0, 0.05) is 51.9 Å². The molecule has 2 atom stereocenters. The summed E-state index contributed by atoms with van der Waals surface area (Å²) in [5, 5.41) is 13.1. The van der Waals surface area contributed by atoms with E-state index in [-0.39, 0.29) is 18.0 Å². The molecule has 2 aliphatic heterocycles. The smallest absolute Gasteiger partial charge is 0.315 e. The van der Waals surface area contributed by atoms with Gasteiger partial charge in [0.15, 0.2) is 0 Å². The maximum absolute atomic E-state index is 12.8. The predicted octanol–water partition coefficient (Wildman–Crippen LogP) is 0.634. The van der Waals surface area contributed by atoms with Crippen LogP contribution in [0.1, 0.15) is 25.0 Å². The Balaban J connectivity index is 1.31. The average molecular weight is 428 g/mol. The van der Waals surface area contributed by atoms with Gasteiger partial charge in [-0.2, -0.15) is 5.10 Å². The summed E-state index contributed by atoms with van der Waals surface area (Å²) in [5.41, 5.74) is 0.853. The van der Waals surface area contributed by atoms with Crippen molar-refractivity contribution in [1.82, 2.24) is 30.4 Å². The van der Waals surface area contributed by atoms with Gasteiger partial charge in [0.2, 0.25) is 0 Å². The first-order valence-electron chi connectivity index (χ1n) is 10.6. The highest BCUT2D eigenvalue weighted by Gasteiger charge is 2.35. The SMILES string of the molecule is CNc1cc(N2CCCC2CNC(=O)NC2CCN(c3cc(C)nn3C)C2=O)ncn1. The van der Waals surface area contributed by atoms with Crippen LogP contribution in [0, 0.1) is 6.92 Å². The normalized spacial score (nSPS) is 20.9. The number of aromatic nitrogens is 4. The maximum atomic E-state index is 12.8. The van der Waals surface area contributed by atoms with Crippen LogP contribution in [0.15, 0.2) is 18.5 Å². The molecule has 3 amide bonds. The lowest BCUT2D eigenvalue weighted by Crippen LogP contribution is -2.49. The van der Waals surface area contributed by atoms with Crippen LogP contribution >= 0.6 is 0 Å². The predicted molar refractivity (Wildman–Crippen MR) is 117 cm³/mol. The molecule has 0 aromatic carbocycles. The molecule has 166 valence electrons. The van der Waals surface area contributed by atoms with E-state index < -0.39 is 6.04 Å². The Hall–Kier alpha value is -3.37. The molecule has 2 aromatic rings. The van der Waals surface area contributed by atoms with Gasteiger partial charge >= 0.3 is 6.03 Å². The molecular weight excluding hydrogens is 398 g/mol. The van der Waals surface area contributed by atoms with E-state index in [2.05, 4.69) is 35.9 Å². The summed E-state index contributed by atoms with van der Waals surface area (Å²) in [6.07, 6.45) is 4.11. The van der Waals surface area contributed by atoms with Gasteiger partial charge in [-0.1, -0.05) is 0 Å². The number of urea groups is 1. The number of anilines is 3. The van der Waals surface area contributed by atoms with Crippen molar-refractivity contribution in [3.63, 3.8) is 0 Å². The van der Waals surface area contributed by atoms with Crippen molar-refractivity contribution < 1.29 is 9.59 Å². The van der Waals surface area contributed by atoms with Crippen molar-refractivity contribution in [3.8, 4) is 0 Å². The highest BCUT2D eigenvalue weighted by atomic mass is 16.2. The number of hydrogen-bond acceptors (Lipinski definition) is 7. The molecule has 3 N–H and O–H groups in total. The van der Waals surface area contributed by atoms with Crippen molar-refractivity contribution in [2.24, 2.45) is 7.05 Å². The van der Waals surface area contributed by atoms with Gasteiger partial charge in [-0.3, -0.25) is 14.4 Å². The van der Waals surface area contributed by atoms with Crippen molar-refractivity contribution in [3.05, 3.63) is 24.2 Å². The van der Waals surface area contributed by atoms with E-state index >= 15 is 0 Å². The Labute approximate surface area is 181 Å². The lowest BCUT2D eigenvalue weighted by atomic mass is 10.2. The van der Waals surface area contributed by atoms with Gasteiger partial charge < -0.3 is 20.9 Å². The third-order valence-corrected chi connectivity index (χ3v) is 5.84. The number of carbonyl (C=O) groups excluding carboxylic acids is 2. The second-order valence-corrected chi connectivity index (χ2v) is 7.95. The molecule has 2 saturated heterocycles. The quantitative estimate of drug-likeness (QED) is 0.618. The molecule has 0 bridgehead atoms. The van der Waals surface area contributed by atoms with Crippen LogP contribution in [-0.2, 0) is 11.8 Å². The molecule has 4 rings (SSSR count). The molecule has 2 unspecified atom stereocenters. The van der Waals surface area contributed by atoms with Crippen LogP contribution in [0.2, 0.25) is 0 Å². The molecule has 2 aromatic heterocycles. The zero-order valence-electron chi connectivity index (χ0n) is 18.1. The summed E-state index contributed by atoms with van der Waals surface area (Å²) in [6.45, 7) is 3.81. The largest absolute Gasteiger partial charge is 0.373 e. The Bertz CT molecular complexity index is 960. The minimum atomic E-state index is -0.532. The summed E-state index contributed by atoms with van der Waals surface area (Å²) < 4.78 is 1.69. The van der Waals surface area contributed by atoms with Gasteiger partial charge in [-0.15, -0.1) is 0 Å². The zero-order chi connectivity index (χ0) is 22.0. The van der Waals surface area contributed by atoms with E-state index in [4.69, 9.17) is 0 Å². The van der Waals surface area contributed by atoms with Gasteiger partial charge in [-0.05, 0) is 26.2 Å². The number of aryl methyl sites for hydroxylation is 2. The summed E-state index contributed by atoms with van der Waals surface area (Å²) in [7, 11) is 3.63. The highest BCUT2D eigenvalue weighted by molar-refractivity contribution is 6.00. The van der Waals surface area contributed by atoms with E-state index in [1.165, 1.54) is 6.33 Å². The number of rotatable bonds is 6. The molecule has 2 fully saturated rings. The molecule has 31 heavy (non-hydrogen) atoms. The van der Waals surface area contributed by atoms with Crippen molar-refractivity contribution in [1.29, 1.82) is 0 Å². The van der Waals surface area contributed by atoms with Crippen LogP contribution in [0.5, 0.6) is 0 Å². The molecule has 0 spiro atoms. The first-order chi connectivity index (χ1) is 15.0. The second-order valence-electron chi connectivity index (χ2n) is 7.95. The number of nitrogens with one attached hydrogen (secondary N) is 3. The Kier molecular flexibility index (Phi) is 5.92. The van der Waals surface area contributed by atoms with E-state index in [9.17, 15) is 9.59 Å². The van der Waals surface area contributed by atoms with Crippen molar-refractivity contribution in [2.45, 2.75) is 38.3 Å². The minimum absolute atomic E-state index is 0.110.